The highest BCUT2D eigenvalue weighted by Gasteiger charge is 2.31. The molecule has 8 heteroatoms. The van der Waals surface area contributed by atoms with Gasteiger partial charge < -0.3 is 9.84 Å². The Bertz CT molecular complexity index is 1320. The van der Waals surface area contributed by atoms with Crippen LogP contribution in [-0.2, 0) is 14.3 Å². The molecular formula is C21H16N2O4S2. The van der Waals surface area contributed by atoms with Crippen molar-refractivity contribution in [3.63, 3.8) is 0 Å². The first-order valence-electron chi connectivity index (χ1n) is 8.74. The molecule has 1 atom stereocenters. The molecule has 3 aromatic rings. The Hall–Kier alpha value is -3.10. The molecule has 1 amide bonds. The zero-order valence-corrected chi connectivity index (χ0v) is 17.2. The van der Waals surface area contributed by atoms with E-state index in [-0.39, 0.29) is 20.3 Å². The third kappa shape index (κ3) is 3.20. The monoisotopic (exact) mass is 424 g/mol. The molecule has 0 fully saturated rings. The van der Waals surface area contributed by atoms with Gasteiger partial charge in [0.1, 0.15) is 4.88 Å². The summed E-state index contributed by atoms with van der Waals surface area (Å²) in [5.41, 5.74) is 1.86. The van der Waals surface area contributed by atoms with Gasteiger partial charge in [-0.25, -0.2) is 9.79 Å². The van der Waals surface area contributed by atoms with Crippen LogP contribution >= 0.6 is 23.6 Å². The quantitative estimate of drug-likeness (QED) is 0.514. The van der Waals surface area contributed by atoms with Crippen LogP contribution in [0.5, 0.6) is 5.88 Å². The van der Waals surface area contributed by atoms with Crippen molar-refractivity contribution in [2.75, 3.05) is 7.11 Å². The fraction of sp³-hybridized carbons (Fsp3) is 0.143. The second-order valence-corrected chi connectivity index (χ2v) is 8.18. The number of carbonyl (C=O) groups is 2. The van der Waals surface area contributed by atoms with Gasteiger partial charge >= 0.3 is 5.97 Å². The maximum Gasteiger partial charge on any atom is 0.333 e. The van der Waals surface area contributed by atoms with Gasteiger partial charge in [0.15, 0.2) is 10.00 Å². The number of aromatic hydroxyl groups is 1. The minimum Gasteiger partial charge on any atom is -0.493 e. The number of thiazole rings is 1. The number of aryl methyl sites for hydroxylation is 1. The standard InChI is InChI=1S/C21H16N2O4S2/c1-11-8-9-14-13(10-11)15(18(24)22-14)17-19(25)23(21(28)29-17)16(20(26)27-2)12-6-4-3-5-7-12/h3-10,16,25H,1-2H3. The lowest BCUT2D eigenvalue weighted by atomic mass is 10.1. The second-order valence-electron chi connectivity index (χ2n) is 6.54. The van der Waals surface area contributed by atoms with Crippen LogP contribution < -0.4 is 10.6 Å². The van der Waals surface area contributed by atoms with Crippen molar-refractivity contribution >= 4 is 41.0 Å². The van der Waals surface area contributed by atoms with Crippen LogP contribution in [0.2, 0.25) is 0 Å². The molecule has 0 aliphatic carbocycles. The number of benzene rings is 2. The van der Waals surface area contributed by atoms with Gasteiger partial charge in [0.05, 0.1) is 18.0 Å². The van der Waals surface area contributed by atoms with Gasteiger partial charge in [0.2, 0.25) is 5.88 Å². The fourth-order valence-electron chi connectivity index (χ4n) is 3.35. The van der Waals surface area contributed by atoms with E-state index >= 15 is 0 Å². The largest absolute Gasteiger partial charge is 0.493 e. The number of ether oxygens (including phenoxy) is 1. The Morgan fingerprint density at radius 3 is 2.66 bits per heavy atom. The third-order valence-corrected chi connectivity index (χ3v) is 6.11. The predicted octanol–water partition coefficient (Wildman–Crippen LogP) is 2.41. The average Bonchev–Trinajstić information content (AvgIpc) is 3.18. The Morgan fingerprint density at radius 2 is 1.97 bits per heavy atom. The van der Waals surface area contributed by atoms with Crippen LogP contribution in [-0.4, -0.2) is 28.7 Å². The summed E-state index contributed by atoms with van der Waals surface area (Å²) in [6, 6.07) is 13.4. The van der Waals surface area contributed by atoms with Gasteiger partial charge in [-0.2, -0.15) is 0 Å². The fourth-order valence-corrected chi connectivity index (χ4v) is 4.75. The molecule has 0 bridgehead atoms. The Balaban J connectivity index is 1.98. The third-order valence-electron chi connectivity index (χ3n) is 4.70. The molecule has 6 nitrogen and oxygen atoms in total. The van der Waals surface area contributed by atoms with Crippen molar-refractivity contribution in [1.82, 2.24) is 4.57 Å². The summed E-state index contributed by atoms with van der Waals surface area (Å²) in [6.07, 6.45) is 0. The van der Waals surface area contributed by atoms with Gasteiger partial charge in [-0.05, 0) is 36.8 Å². The van der Waals surface area contributed by atoms with Gasteiger partial charge in [0.25, 0.3) is 5.91 Å². The summed E-state index contributed by atoms with van der Waals surface area (Å²) < 4.78 is 6.53. The highest BCUT2D eigenvalue weighted by molar-refractivity contribution is 7.73. The maximum absolute atomic E-state index is 12.6. The molecule has 4 rings (SSSR count). The van der Waals surface area contributed by atoms with E-state index in [0.29, 0.717) is 16.1 Å². The predicted molar refractivity (Wildman–Crippen MR) is 111 cm³/mol. The Kier molecular flexibility index (Phi) is 4.89. The summed E-state index contributed by atoms with van der Waals surface area (Å²) >= 11 is 6.53. The molecule has 2 aromatic carbocycles. The molecule has 1 N–H and O–H groups in total. The van der Waals surface area contributed by atoms with Gasteiger partial charge in [-0.15, -0.1) is 11.3 Å². The Labute approximate surface area is 175 Å². The first-order valence-corrected chi connectivity index (χ1v) is 9.96. The lowest BCUT2D eigenvalue weighted by molar-refractivity contribution is -0.143. The number of nitrogens with zero attached hydrogens (tertiary/aromatic N) is 2. The first-order chi connectivity index (χ1) is 13.9. The van der Waals surface area contributed by atoms with E-state index in [4.69, 9.17) is 17.0 Å². The summed E-state index contributed by atoms with van der Waals surface area (Å²) in [5, 5.41) is 12.2. The molecule has 0 spiro atoms. The minimum atomic E-state index is -0.968. The Morgan fingerprint density at radius 1 is 1.24 bits per heavy atom. The number of hydrogen-bond acceptors (Lipinski definition) is 6. The van der Waals surface area contributed by atoms with Crippen molar-refractivity contribution in [2.45, 2.75) is 13.0 Å². The number of carbonyl (C=O) groups excluding carboxylic acids is 2. The molecule has 0 radical (unpaired) electrons. The molecule has 1 aliphatic rings. The van der Waals surface area contributed by atoms with E-state index in [1.54, 1.807) is 30.3 Å². The number of methoxy groups -OCH3 is 1. The highest BCUT2D eigenvalue weighted by atomic mass is 32.1. The smallest absolute Gasteiger partial charge is 0.333 e. The molecule has 2 heterocycles. The molecule has 29 heavy (non-hydrogen) atoms. The second kappa shape index (κ2) is 7.38. The van der Waals surface area contributed by atoms with Crippen molar-refractivity contribution in [3.8, 4) is 5.88 Å². The van der Waals surface area contributed by atoms with Crippen LogP contribution in [0.1, 0.15) is 22.0 Å². The molecule has 1 aliphatic heterocycles. The van der Waals surface area contributed by atoms with Crippen molar-refractivity contribution in [3.05, 3.63) is 79.1 Å². The summed E-state index contributed by atoms with van der Waals surface area (Å²) in [4.78, 5) is 29.5. The normalized spacial score (nSPS) is 13.7. The number of fused-ring (bicyclic) bond motifs is 1. The first kappa shape index (κ1) is 19.2. The average molecular weight is 425 g/mol. The van der Waals surface area contributed by atoms with Crippen LogP contribution in [0, 0.1) is 10.9 Å². The SMILES string of the molecule is COC(=O)C(c1ccccc1)n1c(O)c(C2=c3cc(C)ccc3=NC2=O)sc1=S. The van der Waals surface area contributed by atoms with Crippen molar-refractivity contribution in [1.29, 1.82) is 0 Å². The van der Waals surface area contributed by atoms with E-state index in [1.807, 2.05) is 25.1 Å². The molecule has 0 saturated heterocycles. The van der Waals surface area contributed by atoms with Gasteiger partial charge in [0, 0.05) is 5.22 Å². The number of esters is 1. The number of amides is 1. The number of rotatable bonds is 4. The van der Waals surface area contributed by atoms with E-state index in [1.165, 1.54) is 11.7 Å². The van der Waals surface area contributed by atoms with Crippen LogP contribution in [0.3, 0.4) is 0 Å². The summed E-state index contributed by atoms with van der Waals surface area (Å²) in [7, 11) is 1.28. The number of hydrogen-bond donors (Lipinski definition) is 1. The van der Waals surface area contributed by atoms with Gasteiger partial charge in [-0.3, -0.25) is 9.36 Å². The number of aromatic nitrogens is 1. The van der Waals surface area contributed by atoms with Crippen LogP contribution in [0.25, 0.3) is 5.57 Å². The molecule has 0 saturated carbocycles. The minimum absolute atomic E-state index is 0.248. The van der Waals surface area contributed by atoms with Crippen molar-refractivity contribution in [2.24, 2.45) is 4.99 Å². The highest BCUT2D eigenvalue weighted by Crippen LogP contribution is 2.37. The van der Waals surface area contributed by atoms with Crippen LogP contribution in [0.15, 0.2) is 53.5 Å². The maximum atomic E-state index is 12.6. The molecule has 146 valence electrons. The van der Waals surface area contributed by atoms with E-state index in [9.17, 15) is 14.7 Å². The zero-order valence-electron chi connectivity index (χ0n) is 15.6. The van der Waals surface area contributed by atoms with E-state index in [0.717, 1.165) is 16.9 Å². The van der Waals surface area contributed by atoms with Crippen LogP contribution in [0.4, 0.5) is 0 Å². The molecular weight excluding hydrogens is 408 g/mol. The zero-order chi connectivity index (χ0) is 20.7. The van der Waals surface area contributed by atoms with Gasteiger partial charge in [-0.1, -0.05) is 42.0 Å². The van der Waals surface area contributed by atoms with E-state index < -0.39 is 17.9 Å². The topological polar surface area (TPSA) is 80.9 Å². The summed E-state index contributed by atoms with van der Waals surface area (Å²) in [6.45, 7) is 1.91. The van der Waals surface area contributed by atoms with Crippen molar-refractivity contribution < 1.29 is 19.4 Å². The molecule has 1 unspecified atom stereocenters. The molecule has 1 aromatic heterocycles. The lowest BCUT2D eigenvalue weighted by Gasteiger charge is -2.17. The summed E-state index contributed by atoms with van der Waals surface area (Å²) in [5.74, 6) is -1.28. The van der Waals surface area contributed by atoms with E-state index in [2.05, 4.69) is 4.99 Å². The lowest BCUT2D eigenvalue weighted by Crippen LogP contribution is -2.23.